The van der Waals surface area contributed by atoms with Crippen LogP contribution in [0.3, 0.4) is 0 Å². The molecule has 0 aliphatic rings. The molecule has 0 heterocycles. The minimum atomic E-state index is -1.42. The van der Waals surface area contributed by atoms with Gasteiger partial charge in [0, 0.05) is 0 Å². The summed E-state index contributed by atoms with van der Waals surface area (Å²) < 4.78 is 16.8. The second kappa shape index (κ2) is 12.0. The number of carboxylic acid groups (broad SMARTS) is 1. The van der Waals surface area contributed by atoms with Crippen molar-refractivity contribution >= 4 is 15.3 Å². The van der Waals surface area contributed by atoms with Crippen LogP contribution in [0.25, 0.3) is 0 Å². The molecule has 0 aliphatic carbocycles. The zero-order chi connectivity index (χ0) is 9.40. The number of hydrogen-bond donors (Lipinski definition) is 0. The summed E-state index contributed by atoms with van der Waals surface area (Å²) >= 11 is 0. The molecule has 0 saturated heterocycles. The Morgan fingerprint density at radius 3 is 1.71 bits per heavy atom. The van der Waals surface area contributed by atoms with Crippen LogP contribution in [0, 0.1) is 0 Å². The largest absolute Gasteiger partial charge is 2.00 e. The molecule has 79 valence electrons. The van der Waals surface area contributed by atoms with Crippen molar-refractivity contribution < 1.29 is 41.4 Å². The predicted molar refractivity (Wildman–Crippen MR) is 39.8 cm³/mol. The third kappa shape index (κ3) is 9.08. The quantitative estimate of drug-likeness (QED) is 0.619. The zero-order valence-corrected chi connectivity index (χ0v) is 8.71. The summed E-state index contributed by atoms with van der Waals surface area (Å²) in [5, 5.41) is 10.1. The van der Waals surface area contributed by atoms with E-state index in [9.17, 15) is 9.90 Å². The van der Waals surface area contributed by atoms with Gasteiger partial charge in [0.1, 0.15) is 0 Å². The fraction of sp³-hybridized carbons (Fsp3) is 0. The van der Waals surface area contributed by atoms with Crippen LogP contribution in [0.2, 0.25) is 0 Å². The molecule has 7 heteroatoms. The average Bonchev–Trinajstić information content (AvgIpc) is 2.07. The Labute approximate surface area is 92.9 Å². The summed E-state index contributed by atoms with van der Waals surface area (Å²) in [4.78, 5) is 10.1. The SMILES string of the molecule is O=C([O-])c1ccccc1.O=[Si]=O.[Cu+2].[OH-]. The van der Waals surface area contributed by atoms with Crippen LogP contribution in [-0.4, -0.2) is 20.7 Å². The molecular weight excluding hydrogens is 256 g/mol. The summed E-state index contributed by atoms with van der Waals surface area (Å²) in [5.74, 6) is -1.13. The summed E-state index contributed by atoms with van der Waals surface area (Å²) in [6.07, 6.45) is 0. The van der Waals surface area contributed by atoms with Crippen molar-refractivity contribution in [3.05, 3.63) is 35.9 Å². The van der Waals surface area contributed by atoms with E-state index in [4.69, 9.17) is 8.92 Å². The smallest absolute Gasteiger partial charge is 0.870 e. The number of carbonyl (C=O) groups excluding carboxylic acids is 1. The molecule has 14 heavy (non-hydrogen) atoms. The first-order valence-electron chi connectivity index (χ1n) is 2.98. The third-order valence-electron chi connectivity index (χ3n) is 1.01. The van der Waals surface area contributed by atoms with Gasteiger partial charge >= 0.3 is 26.4 Å². The molecule has 0 amide bonds. The van der Waals surface area contributed by atoms with Crippen LogP contribution in [0.4, 0.5) is 0 Å². The van der Waals surface area contributed by atoms with Crippen LogP contribution in [0.1, 0.15) is 10.4 Å². The van der Waals surface area contributed by atoms with Crippen LogP contribution < -0.4 is 5.11 Å². The van der Waals surface area contributed by atoms with Crippen molar-refractivity contribution in [2.75, 3.05) is 0 Å². The molecule has 0 saturated carbocycles. The first-order chi connectivity index (χ1) is 5.72. The molecule has 0 aliphatic heterocycles. The third-order valence-corrected chi connectivity index (χ3v) is 1.01. The summed E-state index contributed by atoms with van der Waals surface area (Å²) in [6.45, 7) is 0. The molecule has 1 rings (SSSR count). The maximum Gasteiger partial charge on any atom is 2.00 e. The molecule has 5 nitrogen and oxygen atoms in total. The standard InChI is InChI=1S/C7H6O2.Cu.O2Si.H2O/c8-7(9)6-4-2-1-3-5-6;;1-3-2;/h1-5H,(H,8,9);;;1H2/q;+2;;/p-2. The van der Waals surface area contributed by atoms with Crippen molar-refractivity contribution in [3.63, 3.8) is 0 Å². The normalized spacial score (nSPS) is 6.29. The zero-order valence-electron chi connectivity index (χ0n) is 6.77. The van der Waals surface area contributed by atoms with E-state index in [2.05, 4.69) is 0 Å². The van der Waals surface area contributed by atoms with E-state index < -0.39 is 15.3 Å². The van der Waals surface area contributed by atoms with Crippen LogP contribution in [-0.2, 0) is 26.0 Å². The van der Waals surface area contributed by atoms with E-state index in [1.54, 1.807) is 18.2 Å². The molecule has 1 radical (unpaired) electrons. The van der Waals surface area contributed by atoms with E-state index in [0.717, 1.165) is 0 Å². The van der Waals surface area contributed by atoms with E-state index in [1.807, 2.05) is 0 Å². The maximum atomic E-state index is 10.1. The van der Waals surface area contributed by atoms with Crippen molar-refractivity contribution in [2.24, 2.45) is 0 Å². The summed E-state index contributed by atoms with van der Waals surface area (Å²) in [7, 11) is -1.42. The molecular formula is C7H6CuO5Si. The topological polar surface area (TPSA) is 104 Å². The monoisotopic (exact) mass is 261 g/mol. The molecule has 0 atom stereocenters. The first kappa shape index (κ1) is 18.7. The molecule has 0 aromatic heterocycles. The Bertz CT molecular complexity index is 283. The Balaban J connectivity index is -0.000000218. The van der Waals surface area contributed by atoms with Crippen LogP contribution in [0.15, 0.2) is 30.3 Å². The second-order valence-electron chi connectivity index (χ2n) is 1.74. The van der Waals surface area contributed by atoms with Gasteiger partial charge in [-0.1, -0.05) is 30.3 Å². The molecule has 0 unspecified atom stereocenters. The second-order valence-corrected chi connectivity index (χ2v) is 1.90. The predicted octanol–water partition coefficient (Wildman–Crippen LogP) is -0.748. The molecule has 0 spiro atoms. The van der Waals surface area contributed by atoms with Gasteiger partial charge in [-0.25, -0.2) is 0 Å². The van der Waals surface area contributed by atoms with Crippen molar-refractivity contribution in [2.45, 2.75) is 0 Å². The van der Waals surface area contributed by atoms with Gasteiger partial charge < -0.3 is 15.4 Å². The Hall–Kier alpha value is -1.01. The number of benzene rings is 1. The van der Waals surface area contributed by atoms with Gasteiger partial charge in [0.15, 0.2) is 0 Å². The number of carbonyl (C=O) groups is 1. The van der Waals surface area contributed by atoms with Gasteiger partial charge in [-0.3, -0.25) is 8.92 Å². The van der Waals surface area contributed by atoms with Crippen molar-refractivity contribution in [1.29, 1.82) is 0 Å². The fourth-order valence-electron chi connectivity index (χ4n) is 0.574. The van der Waals surface area contributed by atoms with Gasteiger partial charge in [-0.05, 0) is 5.56 Å². The van der Waals surface area contributed by atoms with Crippen molar-refractivity contribution in [3.8, 4) is 0 Å². The minimum absolute atomic E-state index is 0. The van der Waals surface area contributed by atoms with Gasteiger partial charge in [-0.15, -0.1) is 0 Å². The first-order valence-corrected chi connectivity index (χ1v) is 3.79. The van der Waals surface area contributed by atoms with Gasteiger partial charge in [0.25, 0.3) is 0 Å². The maximum absolute atomic E-state index is 10.1. The number of carboxylic acids is 1. The van der Waals surface area contributed by atoms with Crippen molar-refractivity contribution in [1.82, 2.24) is 0 Å². The Morgan fingerprint density at radius 2 is 1.50 bits per heavy atom. The molecule has 0 fully saturated rings. The van der Waals surface area contributed by atoms with E-state index in [0.29, 0.717) is 0 Å². The molecule has 0 bridgehead atoms. The van der Waals surface area contributed by atoms with Crippen LogP contribution >= 0.6 is 0 Å². The summed E-state index contributed by atoms with van der Waals surface area (Å²) in [6, 6.07) is 8.06. The fourth-order valence-corrected chi connectivity index (χ4v) is 0.574. The Morgan fingerprint density at radius 1 is 1.14 bits per heavy atom. The summed E-state index contributed by atoms with van der Waals surface area (Å²) in [5.41, 5.74) is 0.220. The number of hydrogen-bond acceptors (Lipinski definition) is 5. The number of aromatic carboxylic acids is 1. The van der Waals surface area contributed by atoms with E-state index >= 15 is 0 Å². The van der Waals surface area contributed by atoms with Gasteiger partial charge in [0.2, 0.25) is 0 Å². The molecule has 1 aromatic carbocycles. The van der Waals surface area contributed by atoms with Gasteiger partial charge in [0.05, 0.1) is 5.97 Å². The average molecular weight is 262 g/mol. The van der Waals surface area contributed by atoms with E-state index in [-0.39, 0.29) is 28.1 Å². The minimum Gasteiger partial charge on any atom is -0.870 e. The molecule has 1 aromatic rings. The Kier molecular flexibility index (Phi) is 16.0. The number of rotatable bonds is 1. The van der Waals surface area contributed by atoms with E-state index in [1.165, 1.54) is 12.1 Å². The molecule has 1 N–H and O–H groups in total. The van der Waals surface area contributed by atoms with Gasteiger partial charge in [-0.2, -0.15) is 0 Å². The van der Waals surface area contributed by atoms with Crippen LogP contribution in [0.5, 0.6) is 0 Å².